The van der Waals surface area contributed by atoms with Gasteiger partial charge in [0.1, 0.15) is 73.2 Å². The zero-order chi connectivity index (χ0) is 26.9. The van der Waals surface area contributed by atoms with Crippen LogP contribution in [-0.4, -0.2) is 163 Å². The molecule has 0 bridgehead atoms. The predicted molar refractivity (Wildman–Crippen MR) is 114 cm³/mol. The van der Waals surface area contributed by atoms with Gasteiger partial charge in [0.05, 0.1) is 25.9 Å². The van der Waals surface area contributed by atoms with Gasteiger partial charge in [0.15, 0.2) is 12.6 Å². The van der Waals surface area contributed by atoms with Crippen molar-refractivity contribution in [3.8, 4) is 0 Å². The Kier molecular flexibility index (Phi) is 10.4. The molecule has 0 radical (unpaired) electrons. The maximum Gasteiger partial charge on any atom is 0.187 e. The second kappa shape index (κ2) is 12.5. The van der Waals surface area contributed by atoms with Crippen molar-refractivity contribution in [2.75, 3.05) is 19.8 Å². The number of ether oxygens (including phenoxy) is 5. The molecule has 3 fully saturated rings. The van der Waals surface area contributed by atoms with Crippen molar-refractivity contribution >= 4 is 0 Å². The van der Waals surface area contributed by atoms with Gasteiger partial charge < -0.3 is 74.7 Å². The Bertz CT molecular complexity index is 678. The molecule has 36 heavy (non-hydrogen) atoms. The molecule has 3 rings (SSSR count). The normalized spacial score (nSPS) is 50.4. The van der Waals surface area contributed by atoms with Crippen LogP contribution in [0.5, 0.6) is 0 Å². The first-order chi connectivity index (χ1) is 17.0. The zero-order valence-corrected chi connectivity index (χ0v) is 19.9. The minimum Gasteiger partial charge on any atom is -0.394 e. The summed E-state index contributed by atoms with van der Waals surface area (Å²) < 4.78 is 27.5. The molecule has 3 aliphatic rings. The van der Waals surface area contributed by atoms with Gasteiger partial charge in [0.2, 0.25) is 0 Å². The van der Waals surface area contributed by atoms with Gasteiger partial charge in [0.25, 0.3) is 0 Å². The number of aliphatic hydroxyl groups is 10. The third-order valence-electron chi connectivity index (χ3n) is 6.81. The van der Waals surface area contributed by atoms with Crippen LogP contribution in [0.3, 0.4) is 0 Å². The molecule has 15 heteroatoms. The standard InChI is InChI=1S/C21H38O15/c1-6(2)17-12(27)13(28)18(8(4-23)32-17)35-21-16(31)14(29)19(9(5-24)34-21)36-20-15(30)11(26)10(25)7(3-22)33-20/h6-31H,3-5H2,1-2H3/t7?,8?,9?,10-,11?,12+,13?,14?,15+,16+,17-,18-,19+,20+,21+/m1/s1. The second-order valence-electron chi connectivity index (χ2n) is 9.65. The first-order valence-electron chi connectivity index (χ1n) is 11.8. The number of hydrogen-bond acceptors (Lipinski definition) is 15. The third-order valence-corrected chi connectivity index (χ3v) is 6.81. The maximum atomic E-state index is 10.7. The van der Waals surface area contributed by atoms with Crippen molar-refractivity contribution in [2.24, 2.45) is 5.92 Å². The van der Waals surface area contributed by atoms with E-state index in [9.17, 15) is 51.1 Å². The van der Waals surface area contributed by atoms with E-state index in [1.165, 1.54) is 0 Å². The van der Waals surface area contributed by atoms with Crippen LogP contribution in [0, 0.1) is 5.92 Å². The molecule has 15 nitrogen and oxygen atoms in total. The summed E-state index contributed by atoms with van der Waals surface area (Å²) >= 11 is 0. The molecular weight excluding hydrogens is 492 g/mol. The molecule has 0 aromatic rings. The van der Waals surface area contributed by atoms with Crippen molar-refractivity contribution in [1.29, 1.82) is 0 Å². The summed E-state index contributed by atoms with van der Waals surface area (Å²) in [6.45, 7) is 1.40. The average molecular weight is 531 g/mol. The summed E-state index contributed by atoms with van der Waals surface area (Å²) in [4.78, 5) is 0. The summed E-state index contributed by atoms with van der Waals surface area (Å²) in [5, 5.41) is 101. The summed E-state index contributed by atoms with van der Waals surface area (Å²) in [5.41, 5.74) is 0. The molecule has 6 unspecified atom stereocenters. The Hall–Kier alpha value is -0.600. The molecule has 3 saturated heterocycles. The minimum atomic E-state index is -1.85. The highest BCUT2D eigenvalue weighted by Gasteiger charge is 2.53. The predicted octanol–water partition coefficient (Wildman–Crippen LogP) is -5.87. The average Bonchev–Trinajstić information content (AvgIpc) is 2.86. The van der Waals surface area contributed by atoms with Crippen molar-refractivity contribution in [3.05, 3.63) is 0 Å². The SMILES string of the molecule is CC(C)[C@H]1OC(CO)[C@@H](O[C@@H]2OC(CO)[C@H](O[C@@H]3OC(CO)[C@@H](O)C(O)[C@@H]3O)C(O)[C@@H]2O)C(O)[C@@H]1O. The van der Waals surface area contributed by atoms with Crippen LogP contribution >= 0.6 is 0 Å². The van der Waals surface area contributed by atoms with Gasteiger partial charge in [0, 0.05) is 0 Å². The molecule has 0 saturated carbocycles. The van der Waals surface area contributed by atoms with E-state index in [0.29, 0.717) is 0 Å². The first-order valence-corrected chi connectivity index (χ1v) is 11.8. The summed E-state index contributed by atoms with van der Waals surface area (Å²) in [5.74, 6) is -0.206. The fourth-order valence-corrected chi connectivity index (χ4v) is 4.66. The summed E-state index contributed by atoms with van der Waals surface area (Å²) in [6.07, 6.45) is -22.7. The van der Waals surface area contributed by atoms with E-state index in [2.05, 4.69) is 0 Å². The first kappa shape index (κ1) is 29.9. The van der Waals surface area contributed by atoms with E-state index in [-0.39, 0.29) is 5.92 Å². The monoisotopic (exact) mass is 530 g/mol. The highest BCUT2D eigenvalue weighted by molar-refractivity contribution is 4.97. The van der Waals surface area contributed by atoms with Gasteiger partial charge in [-0.25, -0.2) is 0 Å². The van der Waals surface area contributed by atoms with Crippen LogP contribution in [0.15, 0.2) is 0 Å². The van der Waals surface area contributed by atoms with Gasteiger partial charge in [-0.2, -0.15) is 0 Å². The Labute approximate surface area is 207 Å². The lowest BCUT2D eigenvalue weighted by Crippen LogP contribution is -2.66. The highest BCUT2D eigenvalue weighted by atomic mass is 16.7. The molecule has 3 aliphatic heterocycles. The molecule has 15 atom stereocenters. The Morgan fingerprint density at radius 2 is 0.944 bits per heavy atom. The van der Waals surface area contributed by atoms with Crippen molar-refractivity contribution in [3.63, 3.8) is 0 Å². The molecule has 0 aromatic heterocycles. The molecule has 0 spiro atoms. The largest absolute Gasteiger partial charge is 0.394 e. The maximum absolute atomic E-state index is 10.7. The van der Waals surface area contributed by atoms with Crippen molar-refractivity contribution in [1.82, 2.24) is 0 Å². The molecule has 10 N–H and O–H groups in total. The van der Waals surface area contributed by atoms with E-state index in [4.69, 9.17) is 23.7 Å². The fraction of sp³-hybridized carbons (Fsp3) is 1.00. The topological polar surface area (TPSA) is 248 Å². The van der Waals surface area contributed by atoms with Gasteiger partial charge in [-0.15, -0.1) is 0 Å². The Balaban J connectivity index is 1.72. The van der Waals surface area contributed by atoms with Crippen LogP contribution < -0.4 is 0 Å². The van der Waals surface area contributed by atoms with Crippen LogP contribution in [-0.2, 0) is 23.7 Å². The number of hydrogen-bond donors (Lipinski definition) is 10. The quantitative estimate of drug-likeness (QED) is 0.140. The third kappa shape index (κ3) is 5.85. The molecule has 0 aliphatic carbocycles. The lowest BCUT2D eigenvalue weighted by Gasteiger charge is -2.48. The van der Waals surface area contributed by atoms with Crippen LogP contribution in [0.4, 0.5) is 0 Å². The highest BCUT2D eigenvalue weighted by Crippen LogP contribution is 2.33. The summed E-state index contributed by atoms with van der Waals surface area (Å²) in [7, 11) is 0. The van der Waals surface area contributed by atoms with E-state index < -0.39 is 112 Å². The molecule has 0 amide bonds. The fourth-order valence-electron chi connectivity index (χ4n) is 4.66. The number of rotatable bonds is 8. The van der Waals surface area contributed by atoms with Gasteiger partial charge in [-0.1, -0.05) is 13.8 Å². The summed E-state index contributed by atoms with van der Waals surface area (Å²) in [6, 6.07) is 0. The Morgan fingerprint density at radius 1 is 0.528 bits per heavy atom. The van der Waals surface area contributed by atoms with Crippen LogP contribution in [0.25, 0.3) is 0 Å². The molecule has 0 aromatic carbocycles. The minimum absolute atomic E-state index is 0.206. The van der Waals surface area contributed by atoms with Crippen LogP contribution in [0.2, 0.25) is 0 Å². The van der Waals surface area contributed by atoms with E-state index in [1.54, 1.807) is 13.8 Å². The molecule has 3 heterocycles. The second-order valence-corrected chi connectivity index (χ2v) is 9.65. The molecular formula is C21H38O15. The Morgan fingerprint density at radius 3 is 1.42 bits per heavy atom. The smallest absolute Gasteiger partial charge is 0.187 e. The van der Waals surface area contributed by atoms with Gasteiger partial charge >= 0.3 is 0 Å². The van der Waals surface area contributed by atoms with Crippen molar-refractivity contribution < 1.29 is 74.7 Å². The lowest BCUT2D eigenvalue weighted by atomic mass is 9.89. The molecule has 212 valence electrons. The zero-order valence-electron chi connectivity index (χ0n) is 19.9. The number of aliphatic hydroxyl groups excluding tert-OH is 10. The van der Waals surface area contributed by atoms with Crippen LogP contribution in [0.1, 0.15) is 13.8 Å². The van der Waals surface area contributed by atoms with Gasteiger partial charge in [-0.05, 0) is 5.92 Å². The van der Waals surface area contributed by atoms with Crippen molar-refractivity contribution in [2.45, 2.75) is 106 Å². The van der Waals surface area contributed by atoms with Gasteiger partial charge in [-0.3, -0.25) is 0 Å². The lowest BCUT2D eigenvalue weighted by molar-refractivity contribution is -0.373. The van der Waals surface area contributed by atoms with E-state index >= 15 is 0 Å². The van der Waals surface area contributed by atoms with E-state index in [1.807, 2.05) is 0 Å². The van der Waals surface area contributed by atoms with E-state index in [0.717, 1.165) is 0 Å².